The number of alkyl halides is 1. The van der Waals surface area contributed by atoms with Crippen molar-refractivity contribution >= 4 is 49.6 Å². The number of anilines is 3. The first-order valence-corrected chi connectivity index (χ1v) is 12.9. The lowest BCUT2D eigenvalue weighted by Crippen LogP contribution is -2.41. The molecule has 1 aliphatic heterocycles. The first-order chi connectivity index (χ1) is 17.5. The molecular formula is C26H27FN8S. The molecule has 0 unspecified atom stereocenters. The highest BCUT2D eigenvalue weighted by molar-refractivity contribution is 7.16. The fraction of sp³-hybridized carbons (Fsp3) is 0.308. The van der Waals surface area contributed by atoms with Crippen LogP contribution in [-0.2, 0) is 7.05 Å². The van der Waals surface area contributed by atoms with Gasteiger partial charge < -0.3 is 15.5 Å². The van der Waals surface area contributed by atoms with Gasteiger partial charge >= 0.3 is 0 Å². The summed E-state index contributed by atoms with van der Waals surface area (Å²) in [6.45, 7) is 1.95. The molecule has 0 aliphatic carbocycles. The van der Waals surface area contributed by atoms with Crippen molar-refractivity contribution in [1.29, 1.82) is 0 Å². The Hall–Kier alpha value is -3.63. The lowest BCUT2D eigenvalue weighted by Gasteiger charge is -2.32. The SMILES string of the molecule is CN1CC[C@H](CNc2cc3c(Nc4ccc5ncsc5c4)ncnc3cc2-c2cnn(C)c2)[C@@H](F)C1. The van der Waals surface area contributed by atoms with Crippen LogP contribution in [0.2, 0.25) is 0 Å². The largest absolute Gasteiger partial charge is 0.384 e. The lowest BCUT2D eigenvalue weighted by atomic mass is 9.94. The number of piperidine rings is 1. The molecule has 1 saturated heterocycles. The molecule has 3 aromatic heterocycles. The molecule has 4 heterocycles. The van der Waals surface area contributed by atoms with Crippen molar-refractivity contribution in [2.24, 2.45) is 13.0 Å². The maximum Gasteiger partial charge on any atom is 0.141 e. The zero-order chi connectivity index (χ0) is 24.6. The van der Waals surface area contributed by atoms with E-state index in [4.69, 9.17) is 0 Å². The summed E-state index contributed by atoms with van der Waals surface area (Å²) in [6, 6.07) is 10.2. The Labute approximate surface area is 212 Å². The minimum atomic E-state index is -0.847. The van der Waals surface area contributed by atoms with Crippen LogP contribution in [0.25, 0.3) is 32.2 Å². The smallest absolute Gasteiger partial charge is 0.141 e. The summed E-state index contributed by atoms with van der Waals surface area (Å²) >= 11 is 1.60. The molecule has 1 aliphatic rings. The third kappa shape index (κ3) is 4.49. The molecule has 0 spiro atoms. The Kier molecular flexibility index (Phi) is 5.98. The topological polar surface area (TPSA) is 83.8 Å². The molecule has 0 amide bonds. The minimum Gasteiger partial charge on any atom is -0.384 e. The summed E-state index contributed by atoms with van der Waals surface area (Å²) in [5.74, 6) is 0.682. The maximum atomic E-state index is 14.7. The molecule has 2 N–H and O–H groups in total. The van der Waals surface area contributed by atoms with E-state index < -0.39 is 6.17 Å². The maximum absolute atomic E-state index is 14.7. The molecular weight excluding hydrogens is 475 g/mol. The van der Waals surface area contributed by atoms with Gasteiger partial charge in [-0.15, -0.1) is 11.3 Å². The van der Waals surface area contributed by atoms with E-state index >= 15 is 0 Å². The van der Waals surface area contributed by atoms with Crippen molar-refractivity contribution in [2.45, 2.75) is 12.6 Å². The van der Waals surface area contributed by atoms with Gasteiger partial charge in [-0.25, -0.2) is 19.3 Å². The van der Waals surface area contributed by atoms with Gasteiger partial charge in [0.25, 0.3) is 0 Å². The molecule has 6 rings (SSSR count). The van der Waals surface area contributed by atoms with E-state index in [9.17, 15) is 4.39 Å². The zero-order valence-corrected chi connectivity index (χ0v) is 21.0. The number of hydrogen-bond acceptors (Lipinski definition) is 8. The van der Waals surface area contributed by atoms with E-state index in [0.29, 0.717) is 18.9 Å². The van der Waals surface area contributed by atoms with Gasteiger partial charge in [0.05, 0.1) is 27.4 Å². The van der Waals surface area contributed by atoms with Gasteiger partial charge in [-0.1, -0.05) is 0 Å². The van der Waals surface area contributed by atoms with Crippen LogP contribution < -0.4 is 10.6 Å². The summed E-state index contributed by atoms with van der Waals surface area (Å²) in [7, 11) is 3.87. The Morgan fingerprint density at radius 2 is 2.03 bits per heavy atom. The fourth-order valence-corrected chi connectivity index (χ4v) is 5.51. The summed E-state index contributed by atoms with van der Waals surface area (Å²) in [5.41, 5.74) is 7.45. The minimum absolute atomic E-state index is 0.0330. The van der Waals surface area contributed by atoms with Crippen molar-refractivity contribution in [3.63, 3.8) is 0 Å². The van der Waals surface area contributed by atoms with Gasteiger partial charge in [0.2, 0.25) is 0 Å². The molecule has 0 radical (unpaired) electrons. The lowest BCUT2D eigenvalue weighted by molar-refractivity contribution is 0.109. The van der Waals surface area contributed by atoms with Gasteiger partial charge in [0, 0.05) is 60.1 Å². The molecule has 2 atom stereocenters. The second-order valence-corrected chi connectivity index (χ2v) is 10.3. The van der Waals surface area contributed by atoms with E-state index in [1.807, 2.05) is 44.1 Å². The quantitative estimate of drug-likeness (QED) is 0.335. The van der Waals surface area contributed by atoms with Crippen molar-refractivity contribution in [2.75, 3.05) is 37.3 Å². The number of likely N-dealkylation sites (tertiary alicyclic amines) is 1. The van der Waals surface area contributed by atoms with Gasteiger partial charge in [0.1, 0.15) is 18.3 Å². The number of aromatic nitrogens is 5. The molecule has 0 bridgehead atoms. The van der Waals surface area contributed by atoms with Crippen LogP contribution in [0, 0.1) is 5.92 Å². The van der Waals surface area contributed by atoms with Crippen molar-refractivity contribution in [1.82, 2.24) is 29.6 Å². The first-order valence-electron chi connectivity index (χ1n) is 12.0. The highest BCUT2D eigenvalue weighted by Crippen LogP contribution is 2.35. The Balaban J connectivity index is 1.37. The average Bonchev–Trinajstić information content (AvgIpc) is 3.52. The van der Waals surface area contributed by atoms with Crippen LogP contribution in [0.3, 0.4) is 0 Å². The van der Waals surface area contributed by atoms with Crippen LogP contribution in [0.1, 0.15) is 6.42 Å². The number of benzene rings is 2. The van der Waals surface area contributed by atoms with E-state index in [-0.39, 0.29) is 5.92 Å². The van der Waals surface area contributed by atoms with E-state index in [2.05, 4.69) is 53.8 Å². The molecule has 5 aromatic rings. The predicted molar refractivity (Wildman–Crippen MR) is 144 cm³/mol. The molecule has 10 heteroatoms. The number of thiazole rings is 1. The summed E-state index contributed by atoms with van der Waals surface area (Å²) < 4.78 is 17.6. The second-order valence-electron chi connectivity index (χ2n) is 9.41. The van der Waals surface area contributed by atoms with E-state index in [0.717, 1.165) is 56.6 Å². The fourth-order valence-electron chi connectivity index (χ4n) is 4.79. The van der Waals surface area contributed by atoms with Crippen molar-refractivity contribution < 1.29 is 4.39 Å². The Bertz CT molecular complexity index is 1530. The van der Waals surface area contributed by atoms with Crippen molar-refractivity contribution in [3.05, 3.63) is 54.6 Å². The van der Waals surface area contributed by atoms with Crippen LogP contribution in [0.5, 0.6) is 0 Å². The number of fused-ring (bicyclic) bond motifs is 2. The Morgan fingerprint density at radius 3 is 2.86 bits per heavy atom. The molecule has 1 fully saturated rings. The number of halogens is 1. The van der Waals surface area contributed by atoms with Gasteiger partial charge in [0.15, 0.2) is 0 Å². The van der Waals surface area contributed by atoms with Crippen molar-refractivity contribution in [3.8, 4) is 11.1 Å². The number of nitrogens with zero attached hydrogens (tertiary/aromatic N) is 6. The number of nitrogens with one attached hydrogen (secondary N) is 2. The van der Waals surface area contributed by atoms with Crippen LogP contribution in [-0.4, -0.2) is 62.5 Å². The van der Waals surface area contributed by atoms with E-state index in [1.54, 1.807) is 22.3 Å². The van der Waals surface area contributed by atoms with E-state index in [1.165, 1.54) is 0 Å². The first kappa shape index (κ1) is 22.8. The third-order valence-corrected chi connectivity index (χ3v) is 7.61. The summed E-state index contributed by atoms with van der Waals surface area (Å²) in [5, 5.41) is 12.2. The summed E-state index contributed by atoms with van der Waals surface area (Å²) in [4.78, 5) is 15.5. The number of rotatable bonds is 6. The zero-order valence-electron chi connectivity index (χ0n) is 20.1. The van der Waals surface area contributed by atoms with Crippen LogP contribution in [0.15, 0.2) is 54.6 Å². The number of hydrogen-bond donors (Lipinski definition) is 2. The highest BCUT2D eigenvalue weighted by Gasteiger charge is 2.27. The normalized spacial score (nSPS) is 18.6. The molecule has 36 heavy (non-hydrogen) atoms. The third-order valence-electron chi connectivity index (χ3n) is 6.82. The summed E-state index contributed by atoms with van der Waals surface area (Å²) in [6.07, 6.45) is 5.37. The van der Waals surface area contributed by atoms with Crippen LogP contribution in [0.4, 0.5) is 21.6 Å². The van der Waals surface area contributed by atoms with Gasteiger partial charge in [-0.2, -0.15) is 5.10 Å². The predicted octanol–water partition coefficient (Wildman–Crippen LogP) is 5.09. The molecule has 2 aromatic carbocycles. The average molecular weight is 503 g/mol. The molecule has 184 valence electrons. The highest BCUT2D eigenvalue weighted by atomic mass is 32.1. The van der Waals surface area contributed by atoms with Gasteiger partial charge in [-0.3, -0.25) is 4.68 Å². The monoisotopic (exact) mass is 502 g/mol. The van der Waals surface area contributed by atoms with Crippen LogP contribution >= 0.6 is 11.3 Å². The molecule has 8 nitrogen and oxygen atoms in total. The van der Waals surface area contributed by atoms with Gasteiger partial charge in [-0.05, 0) is 50.3 Å². The molecule has 0 saturated carbocycles. The number of aryl methyl sites for hydroxylation is 1. The standard InChI is InChI=1S/C26H27FN8S/c1-34-6-5-16(21(27)13-34)10-28-23-9-20-24(8-19(23)17-11-32-35(2)12-17)29-14-30-26(20)33-18-3-4-22-25(7-18)36-15-31-22/h3-4,7-9,11-12,14-16,21,28H,5-6,10,13H2,1-2H3,(H,29,30,33)/t16-,21+/m1/s1. The Morgan fingerprint density at radius 1 is 1.11 bits per heavy atom. The second kappa shape index (κ2) is 9.44.